The molecule has 1 aliphatic carbocycles. The zero-order chi connectivity index (χ0) is 19.7. The van der Waals surface area contributed by atoms with Crippen molar-refractivity contribution < 1.29 is 24.2 Å². The summed E-state index contributed by atoms with van der Waals surface area (Å²) in [5.74, 6) is -1.74. The molecular formula is C20H22ClNO5. The Labute approximate surface area is 162 Å². The number of esters is 1. The number of phenols is 1. The molecule has 1 N–H and O–H groups in total. The third kappa shape index (κ3) is 3.46. The number of benzene rings is 1. The van der Waals surface area contributed by atoms with Crippen LogP contribution < -0.4 is 4.74 Å². The lowest BCUT2D eigenvalue weighted by atomic mass is 9.71. The number of Topliss-reactive ketones (excluding diaryl/α,β-unsaturated/α-hetero) is 1. The number of hydrogen-bond acceptors (Lipinski definition) is 6. The molecule has 0 bridgehead atoms. The van der Waals surface area contributed by atoms with Gasteiger partial charge in [-0.2, -0.15) is 0 Å². The van der Waals surface area contributed by atoms with Crippen molar-refractivity contribution in [2.45, 2.75) is 39.0 Å². The van der Waals surface area contributed by atoms with Crippen LogP contribution in [0.4, 0.5) is 0 Å². The topological polar surface area (TPSA) is 85.2 Å². The van der Waals surface area contributed by atoms with Crippen LogP contribution in [0.5, 0.6) is 11.5 Å². The van der Waals surface area contributed by atoms with Gasteiger partial charge in [-0.05, 0) is 44.4 Å². The Hall–Kier alpha value is -2.34. The molecule has 2 atom stereocenters. The van der Waals surface area contributed by atoms with Gasteiger partial charge in [0.15, 0.2) is 17.3 Å². The maximum Gasteiger partial charge on any atom is 0.315 e. The summed E-state index contributed by atoms with van der Waals surface area (Å²) in [6.07, 6.45) is 1.85. The highest BCUT2D eigenvalue weighted by molar-refractivity contribution is 6.32. The highest BCUT2D eigenvalue weighted by Gasteiger charge is 2.43. The van der Waals surface area contributed by atoms with Gasteiger partial charge < -0.3 is 14.6 Å². The number of carbonyl (C=O) groups excluding carboxylic acids is 2. The van der Waals surface area contributed by atoms with E-state index < -0.39 is 17.8 Å². The van der Waals surface area contributed by atoms with Gasteiger partial charge in [0.1, 0.15) is 5.92 Å². The molecular weight excluding hydrogens is 370 g/mol. The van der Waals surface area contributed by atoms with Crippen molar-refractivity contribution in [2.24, 2.45) is 10.9 Å². The third-order valence-corrected chi connectivity index (χ3v) is 5.29. The lowest BCUT2D eigenvalue weighted by Crippen LogP contribution is -2.37. The van der Waals surface area contributed by atoms with Crippen LogP contribution in [0.3, 0.4) is 0 Å². The minimum Gasteiger partial charge on any atom is -0.503 e. The number of halogens is 1. The largest absolute Gasteiger partial charge is 0.503 e. The van der Waals surface area contributed by atoms with Gasteiger partial charge in [-0.15, -0.1) is 0 Å². The Morgan fingerprint density at radius 2 is 2.11 bits per heavy atom. The predicted molar refractivity (Wildman–Crippen MR) is 102 cm³/mol. The molecule has 1 aliphatic heterocycles. The van der Waals surface area contributed by atoms with Crippen molar-refractivity contribution in [2.75, 3.05) is 13.7 Å². The van der Waals surface area contributed by atoms with Gasteiger partial charge in [-0.1, -0.05) is 11.6 Å². The summed E-state index contributed by atoms with van der Waals surface area (Å²) in [6.45, 7) is 3.74. The van der Waals surface area contributed by atoms with Crippen molar-refractivity contribution in [3.05, 3.63) is 34.0 Å². The van der Waals surface area contributed by atoms with E-state index in [1.54, 1.807) is 26.0 Å². The first-order valence-electron chi connectivity index (χ1n) is 8.93. The SMILES string of the molecule is CCOC(=O)C1C(C)=NC2=C(C(=O)CCC2)[C@H]1c1cc(Cl)c(O)c(OC)c1. The number of nitrogens with zero attached hydrogens (tertiary/aromatic N) is 1. The molecule has 0 radical (unpaired) electrons. The summed E-state index contributed by atoms with van der Waals surface area (Å²) in [4.78, 5) is 30.0. The monoisotopic (exact) mass is 391 g/mol. The molecule has 1 heterocycles. The molecule has 0 saturated heterocycles. The van der Waals surface area contributed by atoms with Crippen LogP contribution in [-0.4, -0.2) is 36.3 Å². The van der Waals surface area contributed by atoms with Gasteiger partial charge in [0, 0.05) is 29.3 Å². The molecule has 0 spiro atoms. The van der Waals surface area contributed by atoms with Gasteiger partial charge in [0.05, 0.1) is 18.7 Å². The Kier molecular flexibility index (Phi) is 5.56. The Bertz CT molecular complexity index is 858. The van der Waals surface area contributed by atoms with Gasteiger partial charge in [-0.25, -0.2) is 0 Å². The minimum absolute atomic E-state index is 0.0186. The number of ketones is 1. The first kappa shape index (κ1) is 19.4. The molecule has 1 unspecified atom stereocenters. The number of carbonyl (C=O) groups is 2. The van der Waals surface area contributed by atoms with Crippen molar-refractivity contribution in [1.82, 2.24) is 0 Å². The van der Waals surface area contributed by atoms with E-state index in [1.807, 2.05) is 0 Å². The lowest BCUT2D eigenvalue weighted by molar-refractivity contribution is -0.146. The third-order valence-electron chi connectivity index (χ3n) is 5.00. The van der Waals surface area contributed by atoms with Gasteiger partial charge in [-0.3, -0.25) is 14.6 Å². The average Bonchev–Trinajstić information content (AvgIpc) is 2.63. The number of aromatic hydroxyl groups is 1. The number of phenolic OH excluding ortho intramolecular Hbond substituents is 1. The van der Waals surface area contributed by atoms with E-state index in [0.717, 1.165) is 12.1 Å². The second-order valence-electron chi connectivity index (χ2n) is 6.65. The summed E-state index contributed by atoms with van der Waals surface area (Å²) in [5.41, 5.74) is 2.48. The molecule has 0 saturated carbocycles. The molecule has 2 aliphatic rings. The van der Waals surface area contributed by atoms with Gasteiger partial charge in [0.25, 0.3) is 0 Å². The first-order valence-corrected chi connectivity index (χ1v) is 9.31. The smallest absolute Gasteiger partial charge is 0.315 e. The van der Waals surface area contributed by atoms with E-state index in [9.17, 15) is 14.7 Å². The van der Waals surface area contributed by atoms with Gasteiger partial charge >= 0.3 is 5.97 Å². The lowest BCUT2D eigenvalue weighted by Gasteiger charge is -2.34. The summed E-state index contributed by atoms with van der Waals surface area (Å²) in [6, 6.07) is 3.19. The van der Waals surface area contributed by atoms with Crippen LogP contribution >= 0.6 is 11.6 Å². The van der Waals surface area contributed by atoms with Crippen LogP contribution in [-0.2, 0) is 14.3 Å². The quantitative estimate of drug-likeness (QED) is 0.789. The zero-order valence-corrected chi connectivity index (χ0v) is 16.3. The van der Waals surface area contributed by atoms with Crippen LogP contribution in [0.25, 0.3) is 0 Å². The summed E-state index contributed by atoms with van der Waals surface area (Å²) in [5, 5.41) is 10.2. The molecule has 27 heavy (non-hydrogen) atoms. The molecule has 0 fully saturated rings. The number of allylic oxidation sites excluding steroid dienone is 2. The Morgan fingerprint density at radius 3 is 2.78 bits per heavy atom. The fourth-order valence-corrected chi connectivity index (χ4v) is 4.05. The number of ether oxygens (including phenoxy) is 2. The number of aliphatic imine (C=N–C) groups is 1. The maximum absolute atomic E-state index is 12.8. The Balaban J connectivity index is 2.21. The molecule has 0 aromatic heterocycles. The fraction of sp³-hybridized carbons (Fsp3) is 0.450. The average molecular weight is 392 g/mol. The maximum atomic E-state index is 12.8. The summed E-state index contributed by atoms with van der Waals surface area (Å²) < 4.78 is 10.5. The molecule has 7 heteroatoms. The first-order chi connectivity index (χ1) is 12.9. The molecule has 6 nitrogen and oxygen atoms in total. The van der Waals surface area contributed by atoms with E-state index in [-0.39, 0.29) is 28.9 Å². The van der Waals surface area contributed by atoms with E-state index >= 15 is 0 Å². The Morgan fingerprint density at radius 1 is 1.37 bits per heavy atom. The molecule has 1 aromatic rings. The number of methoxy groups -OCH3 is 1. The van der Waals surface area contributed by atoms with Crippen molar-refractivity contribution in [3.8, 4) is 11.5 Å². The van der Waals surface area contributed by atoms with Crippen molar-refractivity contribution in [3.63, 3.8) is 0 Å². The van der Waals surface area contributed by atoms with E-state index in [4.69, 9.17) is 21.1 Å². The second-order valence-corrected chi connectivity index (χ2v) is 7.06. The standard InChI is InChI=1S/C20H22ClNO5/c1-4-27-20(25)16-10(2)22-13-6-5-7-14(23)18(13)17(16)11-8-12(21)19(24)15(9-11)26-3/h8-9,16-17,24H,4-7H2,1-3H3/t16?,17-/m0/s1. The fourth-order valence-electron chi connectivity index (χ4n) is 3.83. The van der Waals surface area contributed by atoms with Crippen LogP contribution in [0.1, 0.15) is 44.6 Å². The highest BCUT2D eigenvalue weighted by Crippen LogP contribution is 2.46. The predicted octanol–water partition coefficient (Wildman–Crippen LogP) is 3.80. The normalized spacial score (nSPS) is 22.2. The second kappa shape index (κ2) is 7.72. The summed E-state index contributed by atoms with van der Waals surface area (Å²) in [7, 11) is 1.42. The van der Waals surface area contributed by atoms with Crippen LogP contribution in [0, 0.1) is 5.92 Å². The van der Waals surface area contributed by atoms with Crippen molar-refractivity contribution in [1.29, 1.82) is 0 Å². The van der Waals surface area contributed by atoms with Crippen LogP contribution in [0.2, 0.25) is 5.02 Å². The van der Waals surface area contributed by atoms with Crippen LogP contribution in [0.15, 0.2) is 28.4 Å². The molecule has 1 aromatic carbocycles. The molecule has 0 amide bonds. The van der Waals surface area contributed by atoms with E-state index in [0.29, 0.717) is 29.7 Å². The molecule has 3 rings (SSSR count). The zero-order valence-electron chi connectivity index (χ0n) is 15.5. The van der Waals surface area contributed by atoms with E-state index in [2.05, 4.69) is 4.99 Å². The minimum atomic E-state index is -0.726. The van der Waals surface area contributed by atoms with Crippen molar-refractivity contribution >= 4 is 29.1 Å². The number of hydrogen-bond donors (Lipinski definition) is 1. The van der Waals surface area contributed by atoms with Gasteiger partial charge in [0.2, 0.25) is 0 Å². The highest BCUT2D eigenvalue weighted by atomic mass is 35.5. The summed E-state index contributed by atoms with van der Waals surface area (Å²) >= 11 is 6.18. The number of rotatable bonds is 4. The molecule has 144 valence electrons. The van der Waals surface area contributed by atoms with E-state index in [1.165, 1.54) is 7.11 Å².